The van der Waals surface area contributed by atoms with Crippen molar-refractivity contribution in [3.05, 3.63) is 54.1 Å². The summed E-state index contributed by atoms with van der Waals surface area (Å²) in [4.78, 5) is 13.0. The van der Waals surface area contributed by atoms with Crippen molar-refractivity contribution in [1.82, 2.24) is 5.01 Å². The lowest BCUT2D eigenvalue weighted by molar-refractivity contribution is -0.139. The van der Waals surface area contributed by atoms with Crippen molar-refractivity contribution < 1.29 is 19.4 Å². The summed E-state index contributed by atoms with van der Waals surface area (Å²) in [7, 11) is 1.68. The summed E-state index contributed by atoms with van der Waals surface area (Å²) in [6, 6.07) is 15.3. The molecular weight excluding hydrogens is 382 g/mol. The maximum Gasteiger partial charge on any atom is 0.341 e. The van der Waals surface area contributed by atoms with Gasteiger partial charge in [-0.15, -0.1) is 12.4 Å². The first kappa shape index (κ1) is 21.4. The number of ether oxygens (including phenoxy) is 2. The van der Waals surface area contributed by atoms with Gasteiger partial charge >= 0.3 is 5.97 Å². The molecule has 2 aromatic carbocycles. The molecule has 0 bridgehead atoms. The van der Waals surface area contributed by atoms with Crippen LogP contribution >= 0.6 is 12.4 Å². The Hall–Kier alpha value is -2.93. The maximum absolute atomic E-state index is 10.7. The monoisotopic (exact) mass is 405 g/mol. The van der Waals surface area contributed by atoms with E-state index in [1.165, 1.54) is 0 Å². The van der Waals surface area contributed by atoms with Gasteiger partial charge in [0.05, 0.1) is 32.1 Å². The van der Waals surface area contributed by atoms with E-state index in [1.807, 2.05) is 35.3 Å². The minimum atomic E-state index is -1.01. The summed E-state index contributed by atoms with van der Waals surface area (Å²) < 4.78 is 10.8. The van der Waals surface area contributed by atoms with E-state index in [-0.39, 0.29) is 19.0 Å². The molecule has 0 spiro atoms. The van der Waals surface area contributed by atoms with E-state index in [1.54, 1.807) is 25.5 Å². The number of benzene rings is 2. The van der Waals surface area contributed by atoms with Gasteiger partial charge in [0.15, 0.2) is 6.61 Å². The summed E-state index contributed by atoms with van der Waals surface area (Å²) in [5, 5.41) is 15.3. The van der Waals surface area contributed by atoms with Gasteiger partial charge in [-0.2, -0.15) is 5.10 Å². The van der Waals surface area contributed by atoms with E-state index in [0.29, 0.717) is 5.75 Å². The fourth-order valence-corrected chi connectivity index (χ4v) is 2.95. The minimum absolute atomic E-state index is 0. The molecule has 0 aliphatic carbocycles. The lowest BCUT2D eigenvalue weighted by Gasteiger charge is -2.35. The summed E-state index contributed by atoms with van der Waals surface area (Å²) in [6.45, 7) is 2.88. The molecule has 0 atom stereocenters. The normalized spacial score (nSPS) is 13.9. The number of hydrogen-bond acceptors (Lipinski definition) is 6. The molecule has 1 N–H and O–H groups in total. The highest BCUT2D eigenvalue weighted by atomic mass is 35.5. The summed E-state index contributed by atoms with van der Waals surface area (Å²) in [5.41, 5.74) is 1.85. The second-order valence-electron chi connectivity index (χ2n) is 6.08. The SMILES string of the molecule is COc1ccccc1N1CCN(/N=C/c2ccccc2OCC(=O)O)CC1.Cl. The van der Waals surface area contributed by atoms with Gasteiger partial charge < -0.3 is 19.5 Å². The van der Waals surface area contributed by atoms with Gasteiger partial charge in [0.1, 0.15) is 11.5 Å². The zero-order chi connectivity index (χ0) is 19.1. The highest BCUT2D eigenvalue weighted by molar-refractivity contribution is 5.85. The molecule has 0 unspecified atom stereocenters. The number of halogens is 1. The van der Waals surface area contributed by atoms with Crippen molar-refractivity contribution in [2.24, 2.45) is 5.10 Å². The molecule has 150 valence electrons. The number of methoxy groups -OCH3 is 1. The highest BCUT2D eigenvalue weighted by Gasteiger charge is 2.18. The smallest absolute Gasteiger partial charge is 0.341 e. The third kappa shape index (κ3) is 5.53. The standard InChI is InChI=1S/C20H23N3O4.ClH/c1-26-19-9-5-3-7-17(19)22-10-12-23(13-11-22)21-14-16-6-2-4-8-18(16)27-15-20(24)25;/h2-9,14H,10-13,15H2,1H3,(H,24,25);1H/b21-14+;. The first-order valence-corrected chi connectivity index (χ1v) is 8.78. The Balaban J connectivity index is 0.00000280. The molecule has 7 nitrogen and oxygen atoms in total. The molecule has 1 saturated heterocycles. The van der Waals surface area contributed by atoms with Gasteiger partial charge in [0, 0.05) is 18.7 Å². The van der Waals surface area contributed by atoms with Crippen molar-refractivity contribution in [3.63, 3.8) is 0 Å². The number of carboxylic acid groups (broad SMARTS) is 1. The average Bonchev–Trinajstić information content (AvgIpc) is 2.71. The van der Waals surface area contributed by atoms with Crippen LogP contribution in [-0.4, -0.2) is 62.2 Å². The quantitative estimate of drug-likeness (QED) is 0.714. The molecule has 0 aromatic heterocycles. The number of anilines is 1. The van der Waals surface area contributed by atoms with Crippen LogP contribution in [0.15, 0.2) is 53.6 Å². The van der Waals surface area contributed by atoms with Crippen molar-refractivity contribution in [2.45, 2.75) is 0 Å². The molecule has 28 heavy (non-hydrogen) atoms. The van der Waals surface area contributed by atoms with E-state index in [2.05, 4.69) is 16.1 Å². The third-order valence-corrected chi connectivity index (χ3v) is 4.31. The molecule has 8 heteroatoms. The number of hydrogen-bond donors (Lipinski definition) is 1. The predicted octanol–water partition coefficient (Wildman–Crippen LogP) is 2.74. The molecule has 1 fully saturated rings. The summed E-state index contributed by atoms with van der Waals surface area (Å²) >= 11 is 0. The van der Waals surface area contributed by atoms with Gasteiger partial charge in [-0.25, -0.2) is 4.79 Å². The fourth-order valence-electron chi connectivity index (χ4n) is 2.95. The van der Waals surface area contributed by atoms with E-state index >= 15 is 0 Å². The number of para-hydroxylation sites is 3. The molecule has 0 radical (unpaired) electrons. The van der Waals surface area contributed by atoms with E-state index in [4.69, 9.17) is 14.6 Å². The largest absolute Gasteiger partial charge is 0.495 e. The third-order valence-electron chi connectivity index (χ3n) is 4.31. The van der Waals surface area contributed by atoms with Crippen LogP contribution in [0.25, 0.3) is 0 Å². The molecule has 1 aliphatic rings. The second kappa shape index (κ2) is 10.4. The number of carboxylic acids is 1. The van der Waals surface area contributed by atoms with Crippen LogP contribution in [0.2, 0.25) is 0 Å². The lowest BCUT2D eigenvalue weighted by atomic mass is 10.2. The number of rotatable bonds is 7. The van der Waals surface area contributed by atoms with Gasteiger partial charge in [-0.05, 0) is 24.3 Å². The maximum atomic E-state index is 10.7. The van der Waals surface area contributed by atoms with Crippen molar-refractivity contribution in [3.8, 4) is 11.5 Å². The molecule has 1 aliphatic heterocycles. The van der Waals surface area contributed by atoms with Crippen LogP contribution in [0, 0.1) is 0 Å². The number of aliphatic carboxylic acids is 1. The molecule has 0 saturated carbocycles. The predicted molar refractivity (Wildman–Crippen MR) is 111 cm³/mol. The highest BCUT2D eigenvalue weighted by Crippen LogP contribution is 2.28. The van der Waals surface area contributed by atoms with Gasteiger partial charge in [-0.3, -0.25) is 5.01 Å². The van der Waals surface area contributed by atoms with Crippen molar-refractivity contribution >= 4 is 30.3 Å². The Morgan fingerprint density at radius 3 is 2.39 bits per heavy atom. The molecule has 3 rings (SSSR count). The Morgan fingerprint density at radius 1 is 1.07 bits per heavy atom. The lowest BCUT2D eigenvalue weighted by Crippen LogP contribution is -2.44. The average molecular weight is 406 g/mol. The summed E-state index contributed by atoms with van der Waals surface area (Å²) in [5.74, 6) is 0.379. The van der Waals surface area contributed by atoms with Crippen LogP contribution in [0.4, 0.5) is 5.69 Å². The fraction of sp³-hybridized carbons (Fsp3) is 0.300. The van der Waals surface area contributed by atoms with E-state index < -0.39 is 5.97 Å². The second-order valence-corrected chi connectivity index (χ2v) is 6.08. The van der Waals surface area contributed by atoms with Gasteiger partial charge in [0.2, 0.25) is 0 Å². The number of hydrazone groups is 1. The number of piperazine rings is 1. The van der Waals surface area contributed by atoms with Crippen LogP contribution in [0.3, 0.4) is 0 Å². The van der Waals surface area contributed by atoms with Crippen molar-refractivity contribution in [2.75, 3.05) is 44.8 Å². The van der Waals surface area contributed by atoms with Crippen LogP contribution in [0.5, 0.6) is 11.5 Å². The van der Waals surface area contributed by atoms with Crippen LogP contribution < -0.4 is 14.4 Å². The first-order chi connectivity index (χ1) is 13.2. The Labute approximate surface area is 170 Å². The van der Waals surface area contributed by atoms with Crippen LogP contribution in [-0.2, 0) is 4.79 Å². The Kier molecular flexibility index (Phi) is 7.95. The van der Waals surface area contributed by atoms with Crippen LogP contribution in [0.1, 0.15) is 5.56 Å². The first-order valence-electron chi connectivity index (χ1n) is 8.78. The molecule has 0 amide bonds. The van der Waals surface area contributed by atoms with Crippen molar-refractivity contribution in [1.29, 1.82) is 0 Å². The minimum Gasteiger partial charge on any atom is -0.495 e. The van der Waals surface area contributed by atoms with Gasteiger partial charge in [0.25, 0.3) is 0 Å². The van der Waals surface area contributed by atoms with Gasteiger partial charge in [-0.1, -0.05) is 24.3 Å². The molecular formula is C20H24ClN3O4. The Morgan fingerprint density at radius 2 is 1.71 bits per heavy atom. The number of carbonyl (C=O) groups is 1. The van der Waals surface area contributed by atoms with E-state index in [0.717, 1.165) is 43.2 Å². The zero-order valence-corrected chi connectivity index (χ0v) is 16.5. The summed E-state index contributed by atoms with van der Waals surface area (Å²) in [6.07, 6.45) is 1.72. The Bertz CT molecular complexity index is 808. The molecule has 1 heterocycles. The topological polar surface area (TPSA) is 74.6 Å². The number of nitrogens with zero attached hydrogens (tertiary/aromatic N) is 3. The zero-order valence-electron chi connectivity index (χ0n) is 15.7. The van der Waals surface area contributed by atoms with E-state index in [9.17, 15) is 4.79 Å². The molecule has 2 aromatic rings.